The van der Waals surface area contributed by atoms with Crippen molar-refractivity contribution in [3.63, 3.8) is 0 Å². The summed E-state index contributed by atoms with van der Waals surface area (Å²) in [5, 5.41) is 4.98. The fourth-order valence-corrected chi connectivity index (χ4v) is 6.13. The molecule has 3 aromatic rings. The number of benzene rings is 1. The highest BCUT2D eigenvalue weighted by atomic mass is 32.2. The number of nitrogens with zero attached hydrogens (tertiary/aromatic N) is 2. The fourth-order valence-electron chi connectivity index (χ4n) is 3.74. The number of carbonyl (C=O) groups is 1. The number of thiophene rings is 1. The van der Waals surface area contributed by atoms with Crippen molar-refractivity contribution < 1.29 is 14.3 Å². The van der Waals surface area contributed by atoms with Crippen LogP contribution in [0.3, 0.4) is 0 Å². The molecule has 0 fully saturated rings. The largest absolute Gasteiger partial charge is 0.497 e. The Bertz CT molecular complexity index is 1100. The molecule has 1 N–H and O–H groups in total. The van der Waals surface area contributed by atoms with E-state index in [9.17, 15) is 4.79 Å². The van der Waals surface area contributed by atoms with Gasteiger partial charge >= 0.3 is 0 Å². The van der Waals surface area contributed by atoms with Crippen LogP contribution in [0.5, 0.6) is 11.5 Å². The molecule has 158 valence electrons. The molecule has 2 heterocycles. The van der Waals surface area contributed by atoms with Crippen molar-refractivity contribution >= 4 is 44.9 Å². The number of anilines is 1. The van der Waals surface area contributed by atoms with Crippen LogP contribution in [-0.2, 0) is 17.6 Å². The lowest BCUT2D eigenvalue weighted by Crippen LogP contribution is -2.15. The Balaban J connectivity index is 1.53. The lowest BCUT2D eigenvalue weighted by atomic mass is 9.89. The van der Waals surface area contributed by atoms with E-state index in [1.165, 1.54) is 28.6 Å². The molecule has 0 spiro atoms. The van der Waals surface area contributed by atoms with Gasteiger partial charge in [0.2, 0.25) is 5.91 Å². The molecule has 0 radical (unpaired) electrons. The van der Waals surface area contributed by atoms with Crippen LogP contribution in [0.1, 0.15) is 29.6 Å². The monoisotopic (exact) mass is 443 g/mol. The van der Waals surface area contributed by atoms with Crippen LogP contribution in [0.4, 0.5) is 5.69 Å². The standard InChI is InChI=1S/C22H25N3O3S2/c1-12-5-7-15-18(9-12)30-22-20(15)21(23-13(2)24-22)29-11-19(26)25-16-8-6-14(27-3)10-17(16)28-4/h6,8,10,12H,5,7,9,11H2,1-4H3,(H,25,26). The third-order valence-corrected chi connectivity index (χ3v) is 7.38. The van der Waals surface area contributed by atoms with Gasteiger partial charge in [0.1, 0.15) is 27.2 Å². The minimum atomic E-state index is -0.106. The Labute approximate surface area is 184 Å². The van der Waals surface area contributed by atoms with Crippen LogP contribution in [0.2, 0.25) is 0 Å². The van der Waals surface area contributed by atoms with Gasteiger partial charge in [-0.3, -0.25) is 4.79 Å². The number of fused-ring (bicyclic) bond motifs is 3. The summed E-state index contributed by atoms with van der Waals surface area (Å²) >= 11 is 3.25. The van der Waals surface area contributed by atoms with Gasteiger partial charge in [-0.2, -0.15) is 0 Å². The summed E-state index contributed by atoms with van der Waals surface area (Å²) in [4.78, 5) is 24.5. The molecule has 0 bridgehead atoms. The molecular weight excluding hydrogens is 418 g/mol. The van der Waals surface area contributed by atoms with E-state index in [4.69, 9.17) is 9.47 Å². The van der Waals surface area contributed by atoms with Crippen molar-refractivity contribution in [1.82, 2.24) is 9.97 Å². The molecule has 6 nitrogen and oxygen atoms in total. The first-order valence-corrected chi connectivity index (χ1v) is 11.7. The lowest BCUT2D eigenvalue weighted by Gasteiger charge is -2.18. The average molecular weight is 444 g/mol. The predicted molar refractivity (Wildman–Crippen MR) is 122 cm³/mol. The summed E-state index contributed by atoms with van der Waals surface area (Å²) < 4.78 is 10.6. The fraction of sp³-hybridized carbons (Fsp3) is 0.409. The average Bonchev–Trinajstić information content (AvgIpc) is 3.09. The zero-order chi connectivity index (χ0) is 21.3. The first-order chi connectivity index (χ1) is 14.5. The number of rotatable bonds is 6. The van der Waals surface area contributed by atoms with Crippen LogP contribution in [0.25, 0.3) is 10.2 Å². The summed E-state index contributed by atoms with van der Waals surface area (Å²) in [6.45, 7) is 4.21. The number of carbonyl (C=O) groups excluding carboxylic acids is 1. The van der Waals surface area contributed by atoms with Crippen LogP contribution >= 0.6 is 23.1 Å². The van der Waals surface area contributed by atoms with Crippen molar-refractivity contribution in [2.24, 2.45) is 5.92 Å². The molecule has 0 saturated carbocycles. The number of thioether (sulfide) groups is 1. The molecule has 8 heteroatoms. The first-order valence-electron chi connectivity index (χ1n) is 9.92. The quantitative estimate of drug-likeness (QED) is 0.433. The van der Waals surface area contributed by atoms with Gasteiger partial charge in [-0.25, -0.2) is 9.97 Å². The zero-order valence-corrected chi connectivity index (χ0v) is 19.2. The first kappa shape index (κ1) is 20.9. The Morgan fingerprint density at radius 2 is 2.13 bits per heavy atom. The molecule has 2 aromatic heterocycles. The zero-order valence-electron chi connectivity index (χ0n) is 17.6. The molecular formula is C22H25N3O3S2. The van der Waals surface area contributed by atoms with E-state index in [0.717, 1.165) is 33.9 Å². The van der Waals surface area contributed by atoms with Gasteiger partial charge in [-0.1, -0.05) is 18.7 Å². The number of ether oxygens (including phenoxy) is 2. The predicted octanol–water partition coefficient (Wildman–Crippen LogP) is 4.87. The Morgan fingerprint density at radius 1 is 1.30 bits per heavy atom. The highest BCUT2D eigenvalue weighted by molar-refractivity contribution is 8.00. The number of methoxy groups -OCH3 is 2. The van der Waals surface area contributed by atoms with Crippen molar-refractivity contribution in [3.05, 3.63) is 34.5 Å². The minimum Gasteiger partial charge on any atom is -0.497 e. The summed E-state index contributed by atoms with van der Waals surface area (Å²) in [6, 6.07) is 5.32. The van der Waals surface area contributed by atoms with E-state index in [1.54, 1.807) is 43.8 Å². The number of amides is 1. The van der Waals surface area contributed by atoms with Crippen molar-refractivity contribution in [2.75, 3.05) is 25.3 Å². The highest BCUT2D eigenvalue weighted by Gasteiger charge is 2.24. The van der Waals surface area contributed by atoms with Gasteiger partial charge in [-0.15, -0.1) is 11.3 Å². The third-order valence-electron chi connectivity index (χ3n) is 5.26. The molecule has 4 rings (SSSR count). The summed E-state index contributed by atoms with van der Waals surface area (Å²) in [5.41, 5.74) is 2.00. The van der Waals surface area contributed by atoms with E-state index in [2.05, 4.69) is 22.2 Å². The smallest absolute Gasteiger partial charge is 0.234 e. The van der Waals surface area contributed by atoms with Crippen LogP contribution in [0, 0.1) is 12.8 Å². The van der Waals surface area contributed by atoms with Crippen molar-refractivity contribution in [1.29, 1.82) is 0 Å². The lowest BCUT2D eigenvalue weighted by molar-refractivity contribution is -0.113. The number of hydrogen-bond acceptors (Lipinski definition) is 7. The SMILES string of the molecule is COc1ccc(NC(=O)CSc2nc(C)nc3sc4c(c23)CCC(C)C4)c(OC)c1. The normalized spacial score (nSPS) is 15.7. The van der Waals surface area contributed by atoms with Gasteiger partial charge in [0, 0.05) is 16.3 Å². The second-order valence-corrected chi connectivity index (χ2v) is 9.56. The van der Waals surface area contributed by atoms with Crippen molar-refractivity contribution in [3.8, 4) is 11.5 Å². The minimum absolute atomic E-state index is 0.106. The second kappa shape index (κ2) is 8.81. The third kappa shape index (κ3) is 4.25. The maximum absolute atomic E-state index is 12.6. The molecule has 0 saturated heterocycles. The van der Waals surface area contributed by atoms with Gasteiger partial charge < -0.3 is 14.8 Å². The summed E-state index contributed by atoms with van der Waals surface area (Å²) in [5.74, 6) is 2.85. The molecule has 1 aromatic carbocycles. The van der Waals surface area contributed by atoms with Gasteiger partial charge in [0.15, 0.2) is 0 Å². The van der Waals surface area contributed by atoms with E-state index >= 15 is 0 Å². The van der Waals surface area contributed by atoms with Gasteiger partial charge in [-0.05, 0) is 49.8 Å². The van der Waals surface area contributed by atoms with E-state index in [1.807, 2.05) is 6.92 Å². The van der Waals surface area contributed by atoms with Crippen molar-refractivity contribution in [2.45, 2.75) is 38.1 Å². The number of aryl methyl sites for hydroxylation is 2. The van der Waals surface area contributed by atoms with Gasteiger partial charge in [0.25, 0.3) is 0 Å². The maximum Gasteiger partial charge on any atom is 0.234 e. The number of nitrogens with one attached hydrogen (secondary N) is 1. The highest BCUT2D eigenvalue weighted by Crippen LogP contribution is 2.41. The van der Waals surface area contributed by atoms with Crippen LogP contribution in [0.15, 0.2) is 23.2 Å². The summed E-state index contributed by atoms with van der Waals surface area (Å²) in [6.07, 6.45) is 3.36. The molecule has 30 heavy (non-hydrogen) atoms. The molecule has 0 aliphatic heterocycles. The second-order valence-electron chi connectivity index (χ2n) is 7.51. The Hall–Kier alpha value is -2.32. The maximum atomic E-state index is 12.6. The van der Waals surface area contributed by atoms with Crippen LogP contribution < -0.4 is 14.8 Å². The molecule has 1 aliphatic rings. The Kier molecular flexibility index (Phi) is 6.15. The molecule has 1 amide bonds. The summed E-state index contributed by atoms with van der Waals surface area (Å²) in [7, 11) is 3.16. The van der Waals surface area contributed by atoms with E-state index in [-0.39, 0.29) is 11.7 Å². The van der Waals surface area contributed by atoms with E-state index < -0.39 is 0 Å². The number of hydrogen-bond donors (Lipinski definition) is 1. The molecule has 1 atom stereocenters. The van der Waals surface area contributed by atoms with E-state index in [0.29, 0.717) is 23.1 Å². The molecule has 1 unspecified atom stereocenters. The Morgan fingerprint density at radius 3 is 2.90 bits per heavy atom. The molecule has 1 aliphatic carbocycles. The number of aromatic nitrogens is 2. The van der Waals surface area contributed by atoms with Gasteiger partial charge in [0.05, 0.1) is 25.7 Å². The van der Waals surface area contributed by atoms with Crippen LogP contribution in [-0.4, -0.2) is 35.8 Å². The topological polar surface area (TPSA) is 73.3 Å².